The van der Waals surface area contributed by atoms with Crippen LogP contribution < -0.4 is 0 Å². The summed E-state index contributed by atoms with van der Waals surface area (Å²) in [6, 6.07) is 8.78. The molecule has 0 atom stereocenters. The Morgan fingerprint density at radius 2 is 1.21 bits per heavy atom. The molecule has 1 aromatic carbocycles. The second-order valence-electron chi connectivity index (χ2n) is 7.97. The molecule has 154 valence electrons. The quantitative estimate of drug-likeness (QED) is 0.698. The van der Waals surface area contributed by atoms with Gasteiger partial charge in [0.05, 0.1) is 26.1 Å². The van der Waals surface area contributed by atoms with E-state index >= 15 is 0 Å². The summed E-state index contributed by atoms with van der Waals surface area (Å²) in [7, 11) is 2.94. The molecule has 2 saturated heterocycles. The Labute approximate surface area is 167 Å². The van der Waals surface area contributed by atoms with E-state index in [-0.39, 0.29) is 23.8 Å². The Morgan fingerprint density at radius 1 is 0.821 bits per heavy atom. The molecule has 2 heterocycles. The number of hydrogen-bond donors (Lipinski definition) is 0. The lowest BCUT2D eigenvalue weighted by Gasteiger charge is -2.31. The number of methoxy groups -OCH3 is 2. The molecule has 0 bridgehead atoms. The minimum Gasteiger partial charge on any atom is -0.469 e. The van der Waals surface area contributed by atoms with E-state index in [0.717, 1.165) is 65.0 Å². The third-order valence-corrected chi connectivity index (χ3v) is 6.05. The van der Waals surface area contributed by atoms with Crippen LogP contribution in [0.3, 0.4) is 0 Å². The molecule has 0 unspecified atom stereocenters. The van der Waals surface area contributed by atoms with Gasteiger partial charge in [0.1, 0.15) is 0 Å². The number of ether oxygens (including phenoxy) is 2. The van der Waals surface area contributed by atoms with Gasteiger partial charge in [0.2, 0.25) is 0 Å². The summed E-state index contributed by atoms with van der Waals surface area (Å²) in [4.78, 5) is 28.2. The maximum atomic E-state index is 11.7. The number of carbonyl (C=O) groups is 2. The van der Waals surface area contributed by atoms with Gasteiger partial charge in [-0.15, -0.1) is 0 Å². The van der Waals surface area contributed by atoms with E-state index in [1.54, 1.807) is 0 Å². The van der Waals surface area contributed by atoms with Crippen LogP contribution in [0.25, 0.3) is 0 Å². The number of rotatable bonds is 6. The maximum absolute atomic E-state index is 11.7. The predicted molar refractivity (Wildman–Crippen MR) is 106 cm³/mol. The van der Waals surface area contributed by atoms with Gasteiger partial charge in [-0.2, -0.15) is 0 Å². The second-order valence-corrected chi connectivity index (χ2v) is 7.97. The highest BCUT2D eigenvalue weighted by Crippen LogP contribution is 2.22. The van der Waals surface area contributed by atoms with Crippen LogP contribution in [-0.2, 0) is 32.2 Å². The molecule has 0 radical (unpaired) electrons. The lowest BCUT2D eigenvalue weighted by molar-refractivity contribution is -0.147. The van der Waals surface area contributed by atoms with E-state index in [2.05, 4.69) is 34.1 Å². The van der Waals surface area contributed by atoms with Gasteiger partial charge in [-0.1, -0.05) is 24.3 Å². The monoisotopic (exact) mass is 388 g/mol. The van der Waals surface area contributed by atoms with Crippen molar-refractivity contribution < 1.29 is 19.1 Å². The van der Waals surface area contributed by atoms with Gasteiger partial charge >= 0.3 is 11.9 Å². The van der Waals surface area contributed by atoms with Crippen LogP contribution in [0.15, 0.2) is 24.3 Å². The van der Waals surface area contributed by atoms with Gasteiger partial charge < -0.3 is 9.47 Å². The van der Waals surface area contributed by atoms with Crippen molar-refractivity contribution in [2.45, 2.75) is 38.8 Å². The smallest absolute Gasteiger partial charge is 0.308 e. The number of nitrogens with zero attached hydrogens (tertiary/aromatic N) is 2. The van der Waals surface area contributed by atoms with Crippen LogP contribution in [0.5, 0.6) is 0 Å². The molecule has 2 fully saturated rings. The zero-order chi connectivity index (χ0) is 19.9. The Hall–Kier alpha value is -1.92. The van der Waals surface area contributed by atoms with Gasteiger partial charge in [-0.05, 0) is 63.0 Å². The van der Waals surface area contributed by atoms with Gasteiger partial charge in [0.15, 0.2) is 0 Å². The van der Waals surface area contributed by atoms with Crippen molar-refractivity contribution in [3.05, 3.63) is 35.4 Å². The maximum Gasteiger partial charge on any atom is 0.308 e. The van der Waals surface area contributed by atoms with E-state index in [9.17, 15) is 9.59 Å². The van der Waals surface area contributed by atoms with Crippen LogP contribution in [0.1, 0.15) is 36.8 Å². The number of esters is 2. The molecule has 0 saturated carbocycles. The highest BCUT2D eigenvalue weighted by Gasteiger charge is 2.26. The zero-order valence-electron chi connectivity index (χ0n) is 17.1. The Morgan fingerprint density at radius 3 is 1.57 bits per heavy atom. The van der Waals surface area contributed by atoms with E-state index in [4.69, 9.17) is 9.47 Å². The van der Waals surface area contributed by atoms with Crippen molar-refractivity contribution in [3.8, 4) is 0 Å². The first-order valence-electron chi connectivity index (χ1n) is 10.3. The Bertz CT molecular complexity index is 609. The Balaban J connectivity index is 1.47. The molecule has 6 nitrogen and oxygen atoms in total. The highest BCUT2D eigenvalue weighted by atomic mass is 16.5. The van der Waals surface area contributed by atoms with Crippen LogP contribution in [-0.4, -0.2) is 62.1 Å². The predicted octanol–water partition coefficient (Wildman–Crippen LogP) is 2.46. The molecular formula is C22H32N2O4. The minimum absolute atomic E-state index is 0.0560. The summed E-state index contributed by atoms with van der Waals surface area (Å²) in [6.07, 6.45) is 3.51. The fourth-order valence-corrected chi connectivity index (χ4v) is 4.33. The molecule has 0 amide bonds. The number of benzene rings is 1. The summed E-state index contributed by atoms with van der Waals surface area (Å²) < 4.78 is 9.74. The van der Waals surface area contributed by atoms with Gasteiger partial charge in [-0.25, -0.2) is 0 Å². The largest absolute Gasteiger partial charge is 0.469 e. The molecule has 1 aromatic rings. The number of hydrogen-bond acceptors (Lipinski definition) is 6. The molecule has 0 aliphatic carbocycles. The fourth-order valence-electron chi connectivity index (χ4n) is 4.33. The normalized spacial score (nSPS) is 20.1. The first kappa shape index (κ1) is 20.8. The number of carbonyl (C=O) groups excluding carboxylic acids is 2. The van der Waals surface area contributed by atoms with Gasteiger partial charge in [-0.3, -0.25) is 19.4 Å². The minimum atomic E-state index is -0.0717. The summed E-state index contributed by atoms with van der Waals surface area (Å²) in [5.74, 6) is -0.0313. The van der Waals surface area contributed by atoms with Gasteiger partial charge in [0.25, 0.3) is 0 Å². The van der Waals surface area contributed by atoms with Crippen LogP contribution >= 0.6 is 0 Å². The third-order valence-electron chi connectivity index (χ3n) is 6.05. The molecule has 28 heavy (non-hydrogen) atoms. The zero-order valence-corrected chi connectivity index (χ0v) is 17.1. The molecule has 2 aliphatic heterocycles. The molecule has 2 aliphatic rings. The SMILES string of the molecule is COC(=O)C1CCN(Cc2cccc(CN3CCC(C(=O)OC)CC3)c2)CC1. The fraction of sp³-hybridized carbons (Fsp3) is 0.636. The number of likely N-dealkylation sites (tertiary alicyclic amines) is 2. The van der Waals surface area contributed by atoms with E-state index < -0.39 is 0 Å². The topological polar surface area (TPSA) is 59.1 Å². The summed E-state index contributed by atoms with van der Waals surface area (Å²) in [6.45, 7) is 5.59. The van der Waals surface area contributed by atoms with Crippen molar-refractivity contribution >= 4 is 11.9 Å². The van der Waals surface area contributed by atoms with Crippen LogP contribution in [0.2, 0.25) is 0 Å². The van der Waals surface area contributed by atoms with Crippen molar-refractivity contribution in [2.75, 3.05) is 40.4 Å². The molecule has 3 rings (SSSR count). The van der Waals surface area contributed by atoms with Crippen molar-refractivity contribution in [3.63, 3.8) is 0 Å². The van der Waals surface area contributed by atoms with E-state index in [1.165, 1.54) is 25.3 Å². The summed E-state index contributed by atoms with van der Waals surface area (Å²) >= 11 is 0. The Kier molecular flexibility index (Phi) is 7.45. The third kappa shape index (κ3) is 5.55. The summed E-state index contributed by atoms with van der Waals surface area (Å²) in [5, 5.41) is 0. The van der Waals surface area contributed by atoms with Gasteiger partial charge in [0, 0.05) is 13.1 Å². The molecule has 6 heteroatoms. The van der Waals surface area contributed by atoms with Crippen molar-refractivity contribution in [1.82, 2.24) is 9.80 Å². The number of piperidine rings is 2. The van der Waals surface area contributed by atoms with Crippen molar-refractivity contribution in [1.29, 1.82) is 0 Å². The van der Waals surface area contributed by atoms with Crippen LogP contribution in [0, 0.1) is 11.8 Å². The lowest BCUT2D eigenvalue weighted by atomic mass is 9.96. The average Bonchev–Trinajstić information content (AvgIpc) is 2.74. The molecule has 0 aromatic heterocycles. The average molecular weight is 389 g/mol. The first-order valence-corrected chi connectivity index (χ1v) is 10.3. The second kappa shape index (κ2) is 10.0. The van der Waals surface area contributed by atoms with E-state index in [1.807, 2.05) is 0 Å². The molecule has 0 N–H and O–H groups in total. The molecule has 0 spiro atoms. The lowest BCUT2D eigenvalue weighted by Crippen LogP contribution is -2.36. The summed E-state index contributed by atoms with van der Waals surface area (Å²) in [5.41, 5.74) is 2.64. The highest BCUT2D eigenvalue weighted by molar-refractivity contribution is 5.72. The van der Waals surface area contributed by atoms with Crippen molar-refractivity contribution in [2.24, 2.45) is 11.8 Å². The van der Waals surface area contributed by atoms with E-state index in [0.29, 0.717) is 0 Å². The van der Waals surface area contributed by atoms with Crippen LogP contribution in [0.4, 0.5) is 0 Å². The standard InChI is InChI=1S/C22H32N2O4/c1-27-21(25)19-6-10-23(11-7-19)15-17-4-3-5-18(14-17)16-24-12-8-20(9-13-24)22(26)28-2/h3-5,14,19-20H,6-13,15-16H2,1-2H3. The molecular weight excluding hydrogens is 356 g/mol. The first-order chi connectivity index (χ1) is 13.6.